The third kappa shape index (κ3) is 3.24. The van der Waals surface area contributed by atoms with E-state index >= 15 is 0 Å². The summed E-state index contributed by atoms with van der Waals surface area (Å²) in [7, 11) is 1.53. The Hall–Kier alpha value is -1.89. The van der Waals surface area contributed by atoms with Gasteiger partial charge in [0.15, 0.2) is 0 Å². The molecule has 7 heteroatoms. The number of hydrogen-bond acceptors (Lipinski definition) is 6. The Bertz CT molecular complexity index is 641. The first-order valence-electron chi connectivity index (χ1n) is 7.01. The molecule has 114 valence electrons. The van der Waals surface area contributed by atoms with Gasteiger partial charge in [0.05, 0.1) is 17.4 Å². The molecule has 0 aliphatic carbocycles. The number of thiophene rings is 1. The van der Waals surface area contributed by atoms with Gasteiger partial charge in [-0.3, -0.25) is 4.79 Å². The molecule has 2 aromatic rings. The molecule has 0 aliphatic heterocycles. The Labute approximate surface area is 127 Å². The van der Waals surface area contributed by atoms with Gasteiger partial charge in [0.1, 0.15) is 4.83 Å². The molecule has 2 aromatic heterocycles. The van der Waals surface area contributed by atoms with Crippen LogP contribution in [0.1, 0.15) is 36.4 Å². The van der Waals surface area contributed by atoms with E-state index in [0.29, 0.717) is 22.1 Å². The standard InChI is InChI=1S/C14H20N4O2S/c1-4-6-7-18(5-2)13(19)10-8-9-11(20-3)16-14(15)17-12(9)21-10/h8H,4-7H2,1-3H3,(H2,15,16,17). The number of amides is 1. The number of nitrogens with two attached hydrogens (primary N) is 1. The van der Waals surface area contributed by atoms with Crippen molar-refractivity contribution in [3.05, 3.63) is 10.9 Å². The fourth-order valence-electron chi connectivity index (χ4n) is 2.08. The second-order valence-corrected chi connectivity index (χ2v) is 5.69. The molecule has 0 radical (unpaired) electrons. The predicted octanol–water partition coefficient (Wildman–Crippen LogP) is 2.54. The van der Waals surface area contributed by atoms with Gasteiger partial charge in [-0.2, -0.15) is 4.98 Å². The maximum atomic E-state index is 12.6. The lowest BCUT2D eigenvalue weighted by molar-refractivity contribution is 0.0767. The molecular formula is C14H20N4O2S. The zero-order valence-electron chi connectivity index (χ0n) is 12.5. The average molecular weight is 308 g/mol. The predicted molar refractivity (Wildman–Crippen MR) is 84.9 cm³/mol. The smallest absolute Gasteiger partial charge is 0.264 e. The monoisotopic (exact) mass is 308 g/mol. The molecule has 0 saturated carbocycles. The number of nitrogen functional groups attached to an aromatic ring is 1. The van der Waals surface area contributed by atoms with Gasteiger partial charge in [0.25, 0.3) is 5.91 Å². The number of anilines is 1. The number of hydrogen-bond donors (Lipinski definition) is 1. The van der Waals surface area contributed by atoms with Gasteiger partial charge in [-0.15, -0.1) is 11.3 Å². The van der Waals surface area contributed by atoms with Crippen LogP contribution < -0.4 is 10.5 Å². The lowest BCUT2D eigenvalue weighted by Gasteiger charge is -2.19. The van der Waals surface area contributed by atoms with Crippen molar-refractivity contribution in [2.75, 3.05) is 25.9 Å². The maximum Gasteiger partial charge on any atom is 0.264 e. The number of carbonyl (C=O) groups excluding carboxylic acids is 1. The molecule has 2 rings (SSSR count). The number of rotatable bonds is 6. The van der Waals surface area contributed by atoms with Gasteiger partial charge in [0, 0.05) is 13.1 Å². The summed E-state index contributed by atoms with van der Waals surface area (Å²) in [6, 6.07) is 1.79. The van der Waals surface area contributed by atoms with Crippen molar-refractivity contribution < 1.29 is 9.53 Å². The number of fused-ring (bicyclic) bond motifs is 1. The van der Waals surface area contributed by atoms with E-state index in [1.54, 1.807) is 6.07 Å². The molecule has 2 heterocycles. The van der Waals surface area contributed by atoms with E-state index in [1.807, 2.05) is 11.8 Å². The Morgan fingerprint density at radius 2 is 2.19 bits per heavy atom. The molecule has 0 spiro atoms. The quantitative estimate of drug-likeness (QED) is 0.887. The van der Waals surface area contributed by atoms with Crippen molar-refractivity contribution in [2.24, 2.45) is 0 Å². The minimum Gasteiger partial charge on any atom is -0.480 e. The Morgan fingerprint density at radius 1 is 1.43 bits per heavy atom. The third-order valence-corrected chi connectivity index (χ3v) is 4.25. The summed E-state index contributed by atoms with van der Waals surface area (Å²) in [6.07, 6.45) is 2.06. The molecule has 6 nitrogen and oxygen atoms in total. The van der Waals surface area contributed by atoms with Crippen LogP contribution in [0.4, 0.5) is 5.95 Å². The first-order valence-corrected chi connectivity index (χ1v) is 7.82. The van der Waals surface area contributed by atoms with Crippen LogP contribution in [0.5, 0.6) is 5.88 Å². The van der Waals surface area contributed by atoms with Gasteiger partial charge in [-0.1, -0.05) is 13.3 Å². The second kappa shape index (κ2) is 6.71. The molecule has 0 fully saturated rings. The first kappa shape index (κ1) is 15.5. The van der Waals surface area contributed by atoms with Crippen molar-refractivity contribution in [1.82, 2.24) is 14.9 Å². The highest BCUT2D eigenvalue weighted by molar-refractivity contribution is 7.20. The van der Waals surface area contributed by atoms with E-state index in [-0.39, 0.29) is 11.9 Å². The van der Waals surface area contributed by atoms with Crippen molar-refractivity contribution in [3.63, 3.8) is 0 Å². The van der Waals surface area contributed by atoms with Crippen LogP contribution in [0.15, 0.2) is 6.07 Å². The van der Waals surface area contributed by atoms with Crippen LogP contribution in [-0.4, -0.2) is 41.0 Å². The van der Waals surface area contributed by atoms with Gasteiger partial charge in [-0.25, -0.2) is 4.98 Å². The summed E-state index contributed by atoms with van der Waals surface area (Å²) in [5, 5.41) is 0.728. The minimum atomic E-state index is 0.0228. The van der Waals surface area contributed by atoms with Crippen LogP contribution in [0.3, 0.4) is 0 Å². The fraction of sp³-hybridized carbons (Fsp3) is 0.500. The number of nitrogens with zero attached hydrogens (tertiary/aromatic N) is 3. The van der Waals surface area contributed by atoms with E-state index in [2.05, 4.69) is 16.9 Å². The van der Waals surface area contributed by atoms with Crippen molar-refractivity contribution in [2.45, 2.75) is 26.7 Å². The average Bonchev–Trinajstić information content (AvgIpc) is 2.90. The number of unbranched alkanes of at least 4 members (excludes halogenated alkanes) is 1. The van der Waals surface area contributed by atoms with Gasteiger partial charge in [0.2, 0.25) is 11.8 Å². The molecule has 0 aromatic carbocycles. The van der Waals surface area contributed by atoms with E-state index < -0.39 is 0 Å². The van der Waals surface area contributed by atoms with Crippen LogP contribution in [0.25, 0.3) is 10.2 Å². The molecule has 0 bridgehead atoms. The van der Waals surface area contributed by atoms with Crippen molar-refractivity contribution in [1.29, 1.82) is 0 Å². The summed E-state index contributed by atoms with van der Waals surface area (Å²) in [4.78, 5) is 23.9. The minimum absolute atomic E-state index is 0.0228. The van der Waals surface area contributed by atoms with E-state index in [4.69, 9.17) is 10.5 Å². The SMILES string of the molecule is CCCCN(CC)C(=O)c1cc2c(OC)nc(N)nc2s1. The first-order chi connectivity index (χ1) is 10.1. The molecule has 0 aliphatic rings. The zero-order chi connectivity index (χ0) is 15.4. The van der Waals surface area contributed by atoms with E-state index in [0.717, 1.165) is 24.8 Å². The highest BCUT2D eigenvalue weighted by Gasteiger charge is 2.19. The molecule has 0 atom stereocenters. The highest BCUT2D eigenvalue weighted by atomic mass is 32.1. The number of methoxy groups -OCH3 is 1. The van der Waals surface area contributed by atoms with Crippen LogP contribution in [0, 0.1) is 0 Å². The largest absolute Gasteiger partial charge is 0.480 e. The van der Waals surface area contributed by atoms with Gasteiger partial charge in [-0.05, 0) is 19.4 Å². The molecular weight excluding hydrogens is 288 g/mol. The topological polar surface area (TPSA) is 81.3 Å². The van der Waals surface area contributed by atoms with Crippen LogP contribution >= 0.6 is 11.3 Å². The number of ether oxygens (including phenoxy) is 1. The molecule has 21 heavy (non-hydrogen) atoms. The van der Waals surface area contributed by atoms with Gasteiger partial charge < -0.3 is 15.4 Å². The number of aromatic nitrogens is 2. The zero-order valence-corrected chi connectivity index (χ0v) is 13.4. The van der Waals surface area contributed by atoms with E-state index in [9.17, 15) is 4.79 Å². The van der Waals surface area contributed by atoms with Crippen LogP contribution in [0.2, 0.25) is 0 Å². The summed E-state index contributed by atoms with van der Waals surface area (Å²) < 4.78 is 5.20. The molecule has 1 amide bonds. The summed E-state index contributed by atoms with van der Waals surface area (Å²) in [5.41, 5.74) is 5.65. The number of carbonyl (C=O) groups is 1. The van der Waals surface area contributed by atoms with Crippen LogP contribution in [-0.2, 0) is 0 Å². The van der Waals surface area contributed by atoms with Gasteiger partial charge >= 0.3 is 0 Å². The highest BCUT2D eigenvalue weighted by Crippen LogP contribution is 2.31. The van der Waals surface area contributed by atoms with Crippen molar-refractivity contribution in [3.8, 4) is 5.88 Å². The Morgan fingerprint density at radius 3 is 2.81 bits per heavy atom. The lowest BCUT2D eigenvalue weighted by atomic mass is 10.3. The second-order valence-electron chi connectivity index (χ2n) is 4.66. The van der Waals surface area contributed by atoms with Crippen molar-refractivity contribution >= 4 is 33.4 Å². The van der Waals surface area contributed by atoms with E-state index in [1.165, 1.54) is 18.4 Å². The Kier molecular flexibility index (Phi) is 4.95. The normalized spacial score (nSPS) is 10.8. The maximum absolute atomic E-state index is 12.6. The summed E-state index contributed by atoms with van der Waals surface area (Å²) >= 11 is 1.32. The fourth-order valence-corrected chi connectivity index (χ4v) is 3.08. The molecule has 2 N–H and O–H groups in total. The molecule has 0 unspecified atom stereocenters. The third-order valence-electron chi connectivity index (χ3n) is 3.23. The Balaban J connectivity index is 2.35. The summed E-state index contributed by atoms with van der Waals surface area (Å²) in [5.74, 6) is 0.581. The molecule has 0 saturated heterocycles. The lowest BCUT2D eigenvalue weighted by Crippen LogP contribution is -2.31. The summed E-state index contributed by atoms with van der Waals surface area (Å²) in [6.45, 7) is 5.56.